The van der Waals surface area contributed by atoms with Crippen molar-refractivity contribution in [2.45, 2.75) is 26.7 Å². The molecule has 0 aliphatic heterocycles. The van der Waals surface area contributed by atoms with Gasteiger partial charge in [0, 0.05) is 19.3 Å². The van der Waals surface area contributed by atoms with Crippen molar-refractivity contribution in [3.63, 3.8) is 0 Å². The van der Waals surface area contributed by atoms with Gasteiger partial charge in [-0.2, -0.15) is 0 Å². The smallest absolute Gasteiger partial charge is 0.335 e. The molecule has 0 fully saturated rings. The first kappa shape index (κ1) is 14.4. The summed E-state index contributed by atoms with van der Waals surface area (Å²) in [6.07, 6.45) is 3.14. The highest BCUT2D eigenvalue weighted by Gasteiger charge is 2.17. The van der Waals surface area contributed by atoms with Crippen molar-refractivity contribution in [3.8, 4) is 0 Å². The van der Waals surface area contributed by atoms with Crippen LogP contribution >= 0.6 is 0 Å². The molecule has 0 radical (unpaired) electrons. The number of aliphatic hydroxyl groups is 1. The Hall–Kier alpha value is -1.62. The molecule has 0 bridgehead atoms. The van der Waals surface area contributed by atoms with Crippen LogP contribution in [0.5, 0.6) is 0 Å². The van der Waals surface area contributed by atoms with Crippen LogP contribution in [0.1, 0.15) is 37.0 Å². The summed E-state index contributed by atoms with van der Waals surface area (Å²) in [5.74, 6) is -0.396. The summed E-state index contributed by atoms with van der Waals surface area (Å²) in [4.78, 5) is 14.9. The summed E-state index contributed by atoms with van der Waals surface area (Å²) < 4.78 is 0. The van der Waals surface area contributed by atoms with Crippen LogP contribution in [0.2, 0.25) is 0 Å². The van der Waals surface area contributed by atoms with E-state index in [2.05, 4.69) is 24.1 Å². The second-order valence-electron chi connectivity index (χ2n) is 5.08. The lowest BCUT2D eigenvalue weighted by Gasteiger charge is -2.24. The second-order valence-corrected chi connectivity index (χ2v) is 5.08. The van der Waals surface area contributed by atoms with E-state index in [4.69, 9.17) is 10.2 Å². The van der Waals surface area contributed by atoms with Gasteiger partial charge in [0.1, 0.15) is 5.82 Å². The Balaban J connectivity index is 2.57. The molecule has 0 saturated heterocycles. The molecular weight excluding hydrogens is 232 g/mol. The van der Waals surface area contributed by atoms with Crippen LogP contribution in [0.4, 0.5) is 5.82 Å². The van der Waals surface area contributed by atoms with E-state index in [1.807, 2.05) is 0 Å². The molecule has 0 amide bonds. The molecule has 0 unspecified atom stereocenters. The minimum atomic E-state index is -0.958. The van der Waals surface area contributed by atoms with Crippen molar-refractivity contribution in [2.24, 2.45) is 5.41 Å². The Morgan fingerprint density at radius 3 is 2.83 bits per heavy atom. The summed E-state index contributed by atoms with van der Waals surface area (Å²) in [6, 6.07) is 2.98. The summed E-state index contributed by atoms with van der Waals surface area (Å²) in [6.45, 7) is 5.06. The maximum atomic E-state index is 10.8. The molecule has 0 saturated carbocycles. The van der Waals surface area contributed by atoms with Gasteiger partial charge in [0.25, 0.3) is 0 Å². The molecule has 18 heavy (non-hydrogen) atoms. The largest absolute Gasteiger partial charge is 0.478 e. The minimum absolute atomic E-state index is 0.0314. The van der Waals surface area contributed by atoms with E-state index in [0.29, 0.717) is 12.4 Å². The zero-order valence-electron chi connectivity index (χ0n) is 10.8. The van der Waals surface area contributed by atoms with E-state index in [1.165, 1.54) is 18.3 Å². The van der Waals surface area contributed by atoms with Gasteiger partial charge in [0.2, 0.25) is 0 Å². The molecule has 0 aliphatic rings. The third-order valence-corrected chi connectivity index (χ3v) is 2.77. The number of carboxylic acids is 1. The number of aromatic nitrogens is 1. The average Bonchev–Trinajstić information content (AvgIpc) is 2.34. The van der Waals surface area contributed by atoms with E-state index in [9.17, 15) is 4.79 Å². The number of aromatic carboxylic acids is 1. The van der Waals surface area contributed by atoms with Gasteiger partial charge in [0.05, 0.1) is 5.56 Å². The normalized spacial score (nSPS) is 11.3. The van der Waals surface area contributed by atoms with Crippen molar-refractivity contribution in [1.82, 2.24) is 4.98 Å². The van der Waals surface area contributed by atoms with Crippen molar-refractivity contribution >= 4 is 11.8 Å². The molecule has 0 aromatic carbocycles. The van der Waals surface area contributed by atoms with Crippen molar-refractivity contribution in [3.05, 3.63) is 23.9 Å². The summed E-state index contributed by atoms with van der Waals surface area (Å²) in [5.41, 5.74) is 0.254. The number of aliphatic hydroxyl groups excluding tert-OH is 1. The second kappa shape index (κ2) is 6.35. The lowest BCUT2D eigenvalue weighted by Crippen LogP contribution is -2.23. The summed E-state index contributed by atoms with van der Waals surface area (Å²) in [5, 5.41) is 20.8. The quantitative estimate of drug-likeness (QED) is 0.691. The van der Waals surface area contributed by atoms with E-state index >= 15 is 0 Å². The first-order chi connectivity index (χ1) is 8.44. The summed E-state index contributed by atoms with van der Waals surface area (Å²) >= 11 is 0. The fraction of sp³-hybridized carbons (Fsp3) is 0.538. The summed E-state index contributed by atoms with van der Waals surface area (Å²) in [7, 11) is 0. The number of carbonyl (C=O) groups is 1. The lowest BCUT2D eigenvalue weighted by molar-refractivity contribution is 0.0697. The number of pyridine rings is 1. The number of hydrogen-bond donors (Lipinski definition) is 3. The number of nitrogens with one attached hydrogen (secondary N) is 1. The lowest BCUT2D eigenvalue weighted by atomic mass is 9.88. The molecule has 5 nitrogen and oxygen atoms in total. The van der Waals surface area contributed by atoms with Gasteiger partial charge in [-0.3, -0.25) is 0 Å². The molecule has 100 valence electrons. The molecule has 0 aliphatic carbocycles. The SMILES string of the molecule is CC(C)(CCCO)CNc1cc(C(=O)O)ccn1. The van der Waals surface area contributed by atoms with E-state index < -0.39 is 5.97 Å². The number of carboxylic acid groups (broad SMARTS) is 1. The fourth-order valence-corrected chi connectivity index (χ4v) is 1.64. The molecular formula is C13H20N2O3. The Labute approximate surface area is 107 Å². The highest BCUT2D eigenvalue weighted by atomic mass is 16.4. The third kappa shape index (κ3) is 4.71. The van der Waals surface area contributed by atoms with Crippen LogP contribution in [0, 0.1) is 5.41 Å². The molecule has 1 aromatic rings. The predicted molar refractivity (Wildman–Crippen MR) is 69.8 cm³/mol. The van der Waals surface area contributed by atoms with Crippen LogP contribution in [0.3, 0.4) is 0 Å². The van der Waals surface area contributed by atoms with Crippen LogP contribution in [-0.4, -0.2) is 34.3 Å². The first-order valence-corrected chi connectivity index (χ1v) is 5.99. The Bertz CT molecular complexity index is 405. The fourth-order valence-electron chi connectivity index (χ4n) is 1.64. The van der Waals surface area contributed by atoms with E-state index in [1.54, 1.807) is 0 Å². The highest BCUT2D eigenvalue weighted by Crippen LogP contribution is 2.22. The molecule has 0 spiro atoms. The number of hydrogen-bond acceptors (Lipinski definition) is 4. The molecule has 1 aromatic heterocycles. The standard InChI is InChI=1S/C13H20N2O3/c1-13(2,5-3-7-16)9-15-11-8-10(12(17)18)4-6-14-11/h4,6,8,16H,3,5,7,9H2,1-2H3,(H,14,15)(H,17,18). The Morgan fingerprint density at radius 2 is 2.22 bits per heavy atom. The zero-order chi connectivity index (χ0) is 13.6. The molecule has 1 rings (SSSR count). The van der Waals surface area contributed by atoms with Gasteiger partial charge in [-0.25, -0.2) is 9.78 Å². The zero-order valence-corrected chi connectivity index (χ0v) is 10.8. The Morgan fingerprint density at radius 1 is 1.50 bits per heavy atom. The topological polar surface area (TPSA) is 82.5 Å². The van der Waals surface area contributed by atoms with Crippen molar-refractivity contribution in [1.29, 1.82) is 0 Å². The third-order valence-electron chi connectivity index (χ3n) is 2.77. The van der Waals surface area contributed by atoms with Crippen LogP contribution in [0.25, 0.3) is 0 Å². The van der Waals surface area contributed by atoms with Crippen LogP contribution < -0.4 is 5.32 Å². The molecule has 5 heteroatoms. The van der Waals surface area contributed by atoms with Gasteiger partial charge in [0.15, 0.2) is 0 Å². The van der Waals surface area contributed by atoms with Crippen LogP contribution in [-0.2, 0) is 0 Å². The molecule has 1 heterocycles. The molecule has 0 atom stereocenters. The average molecular weight is 252 g/mol. The number of nitrogens with zero attached hydrogens (tertiary/aromatic N) is 1. The Kier molecular flexibility index (Phi) is 5.09. The van der Waals surface area contributed by atoms with Crippen molar-refractivity contribution < 1.29 is 15.0 Å². The van der Waals surface area contributed by atoms with Gasteiger partial charge >= 0.3 is 5.97 Å². The van der Waals surface area contributed by atoms with Gasteiger partial charge < -0.3 is 15.5 Å². The maximum absolute atomic E-state index is 10.8. The molecule has 3 N–H and O–H groups in total. The van der Waals surface area contributed by atoms with Crippen LogP contribution in [0.15, 0.2) is 18.3 Å². The number of rotatable bonds is 7. The van der Waals surface area contributed by atoms with E-state index in [-0.39, 0.29) is 17.6 Å². The number of anilines is 1. The maximum Gasteiger partial charge on any atom is 0.335 e. The van der Waals surface area contributed by atoms with Gasteiger partial charge in [-0.15, -0.1) is 0 Å². The van der Waals surface area contributed by atoms with Crippen molar-refractivity contribution in [2.75, 3.05) is 18.5 Å². The van der Waals surface area contributed by atoms with Gasteiger partial charge in [-0.1, -0.05) is 13.8 Å². The van der Waals surface area contributed by atoms with E-state index in [0.717, 1.165) is 12.8 Å². The minimum Gasteiger partial charge on any atom is -0.478 e. The predicted octanol–water partition coefficient (Wildman–Crippen LogP) is 1.99. The van der Waals surface area contributed by atoms with Gasteiger partial charge in [-0.05, 0) is 30.4 Å². The highest BCUT2D eigenvalue weighted by molar-refractivity contribution is 5.88. The first-order valence-electron chi connectivity index (χ1n) is 5.99. The monoisotopic (exact) mass is 252 g/mol.